The van der Waals surface area contributed by atoms with Crippen LogP contribution in [0.2, 0.25) is 0 Å². The molecule has 3 nitrogen and oxygen atoms in total. The third-order valence-electron chi connectivity index (χ3n) is 4.13. The molecule has 3 heteroatoms. The molecule has 3 rings (SSSR count). The van der Waals surface area contributed by atoms with E-state index in [0.29, 0.717) is 5.69 Å². The van der Waals surface area contributed by atoms with E-state index < -0.39 is 0 Å². The van der Waals surface area contributed by atoms with Gasteiger partial charge in [-0.15, -0.1) is 0 Å². The molecule has 2 N–H and O–H groups in total. The maximum atomic E-state index is 12.6. The van der Waals surface area contributed by atoms with E-state index in [-0.39, 0.29) is 18.4 Å². The van der Waals surface area contributed by atoms with Gasteiger partial charge in [-0.05, 0) is 36.5 Å². The summed E-state index contributed by atoms with van der Waals surface area (Å²) in [7, 11) is 0. The number of benzene rings is 2. The second kappa shape index (κ2) is 6.10. The van der Waals surface area contributed by atoms with Crippen LogP contribution in [0.15, 0.2) is 48.5 Å². The van der Waals surface area contributed by atoms with Crippen molar-refractivity contribution >= 4 is 11.6 Å². The van der Waals surface area contributed by atoms with Gasteiger partial charge in [-0.1, -0.05) is 42.5 Å². The lowest BCUT2D eigenvalue weighted by Gasteiger charge is -2.25. The number of aliphatic hydroxyl groups is 1. The number of hydrogen-bond donors (Lipinski definition) is 2. The Balaban J connectivity index is 1.84. The first kappa shape index (κ1) is 13.8. The first-order valence-corrected chi connectivity index (χ1v) is 7.37. The maximum Gasteiger partial charge on any atom is 0.231 e. The normalized spacial score (nSPS) is 17.1. The van der Waals surface area contributed by atoms with Crippen molar-refractivity contribution in [3.63, 3.8) is 0 Å². The van der Waals surface area contributed by atoms with Gasteiger partial charge in [0, 0.05) is 11.3 Å². The summed E-state index contributed by atoms with van der Waals surface area (Å²) in [5.41, 5.74) is 3.87. The van der Waals surface area contributed by atoms with Gasteiger partial charge in [0.1, 0.15) is 0 Å². The van der Waals surface area contributed by atoms with Gasteiger partial charge in [0.15, 0.2) is 0 Å². The van der Waals surface area contributed by atoms with Crippen molar-refractivity contribution in [3.05, 3.63) is 65.2 Å². The predicted molar refractivity (Wildman–Crippen MR) is 83.1 cm³/mol. The van der Waals surface area contributed by atoms with Crippen LogP contribution in [0, 0.1) is 0 Å². The van der Waals surface area contributed by atoms with Crippen molar-refractivity contribution in [2.45, 2.75) is 31.8 Å². The monoisotopic (exact) mass is 281 g/mol. The topological polar surface area (TPSA) is 49.3 Å². The van der Waals surface area contributed by atoms with Gasteiger partial charge in [0.25, 0.3) is 0 Å². The molecule has 1 amide bonds. The molecule has 0 aromatic heterocycles. The van der Waals surface area contributed by atoms with Crippen molar-refractivity contribution in [2.75, 3.05) is 5.32 Å². The van der Waals surface area contributed by atoms with E-state index in [1.54, 1.807) is 0 Å². The second-order valence-corrected chi connectivity index (χ2v) is 5.45. The number of rotatable bonds is 3. The summed E-state index contributed by atoms with van der Waals surface area (Å²) in [5.74, 6) is -0.0789. The Kier molecular flexibility index (Phi) is 4.02. The minimum atomic E-state index is -0.0956. The molecule has 0 radical (unpaired) electrons. The highest BCUT2D eigenvalue weighted by Crippen LogP contribution is 2.32. The third kappa shape index (κ3) is 2.83. The van der Waals surface area contributed by atoms with E-state index in [2.05, 4.69) is 17.4 Å². The van der Waals surface area contributed by atoms with Gasteiger partial charge in [0.2, 0.25) is 5.91 Å². The first-order chi connectivity index (χ1) is 10.3. The zero-order chi connectivity index (χ0) is 14.7. The van der Waals surface area contributed by atoms with E-state index >= 15 is 0 Å². The van der Waals surface area contributed by atoms with Gasteiger partial charge in [0.05, 0.1) is 12.5 Å². The fourth-order valence-corrected chi connectivity index (χ4v) is 3.03. The lowest BCUT2D eigenvalue weighted by molar-refractivity contribution is -0.117. The molecule has 0 saturated heterocycles. The number of aliphatic hydroxyl groups excluding tert-OH is 1. The SMILES string of the molecule is O=C(Nc1ccccc1CO)C1CCCc2ccccc21. The van der Waals surface area contributed by atoms with Crippen LogP contribution in [-0.2, 0) is 17.8 Å². The van der Waals surface area contributed by atoms with Crippen molar-refractivity contribution in [1.29, 1.82) is 0 Å². The molecular weight excluding hydrogens is 262 g/mol. The number of hydrogen-bond acceptors (Lipinski definition) is 2. The Bertz CT molecular complexity index is 651. The number of anilines is 1. The van der Waals surface area contributed by atoms with E-state index in [9.17, 15) is 9.90 Å². The standard InChI is InChI=1S/C18H19NO2/c20-12-14-7-2-4-11-17(14)19-18(21)16-10-5-8-13-6-1-3-9-15(13)16/h1-4,6-7,9,11,16,20H,5,8,10,12H2,(H,19,21). The molecule has 2 aromatic rings. The highest BCUT2D eigenvalue weighted by Gasteiger charge is 2.26. The molecule has 1 aliphatic carbocycles. The molecule has 108 valence electrons. The summed E-state index contributed by atoms with van der Waals surface area (Å²) >= 11 is 0. The average molecular weight is 281 g/mol. The van der Waals surface area contributed by atoms with Crippen LogP contribution in [-0.4, -0.2) is 11.0 Å². The molecule has 1 atom stereocenters. The Hall–Kier alpha value is -2.13. The Labute approximate surface area is 124 Å². The summed E-state index contributed by atoms with van der Waals surface area (Å²) < 4.78 is 0. The van der Waals surface area contributed by atoms with Crippen LogP contribution in [0.25, 0.3) is 0 Å². The number of carbonyl (C=O) groups is 1. The lowest BCUT2D eigenvalue weighted by Crippen LogP contribution is -2.25. The van der Waals surface area contributed by atoms with Gasteiger partial charge in [-0.2, -0.15) is 0 Å². The molecule has 0 aliphatic heterocycles. The molecule has 21 heavy (non-hydrogen) atoms. The Morgan fingerprint density at radius 2 is 1.90 bits per heavy atom. The number of aryl methyl sites for hydroxylation is 1. The van der Waals surface area contributed by atoms with Crippen LogP contribution < -0.4 is 5.32 Å². The fraction of sp³-hybridized carbons (Fsp3) is 0.278. The van der Waals surface area contributed by atoms with Crippen molar-refractivity contribution in [1.82, 2.24) is 0 Å². The zero-order valence-corrected chi connectivity index (χ0v) is 11.9. The molecular formula is C18H19NO2. The van der Waals surface area contributed by atoms with Gasteiger partial charge >= 0.3 is 0 Å². The van der Waals surface area contributed by atoms with Crippen LogP contribution in [0.5, 0.6) is 0 Å². The highest BCUT2D eigenvalue weighted by molar-refractivity contribution is 5.96. The quantitative estimate of drug-likeness (QED) is 0.907. The molecule has 2 aromatic carbocycles. The van der Waals surface area contributed by atoms with Crippen LogP contribution in [0.1, 0.15) is 35.4 Å². The molecule has 0 bridgehead atoms. The molecule has 0 saturated carbocycles. The summed E-state index contributed by atoms with van der Waals surface area (Å²) in [4.78, 5) is 12.6. The number of nitrogens with one attached hydrogen (secondary N) is 1. The second-order valence-electron chi connectivity index (χ2n) is 5.45. The van der Waals surface area contributed by atoms with Gasteiger partial charge in [-0.25, -0.2) is 0 Å². The third-order valence-corrected chi connectivity index (χ3v) is 4.13. The van der Waals surface area contributed by atoms with Crippen molar-refractivity contribution < 1.29 is 9.90 Å². The van der Waals surface area contributed by atoms with E-state index in [1.807, 2.05) is 36.4 Å². The zero-order valence-electron chi connectivity index (χ0n) is 11.9. The van der Waals surface area contributed by atoms with Crippen molar-refractivity contribution in [3.8, 4) is 0 Å². The summed E-state index contributed by atoms with van der Waals surface area (Å²) in [6.07, 6.45) is 2.97. The van der Waals surface area contributed by atoms with E-state index in [4.69, 9.17) is 0 Å². The minimum Gasteiger partial charge on any atom is -0.392 e. The van der Waals surface area contributed by atoms with Crippen LogP contribution in [0.3, 0.4) is 0 Å². The van der Waals surface area contributed by atoms with Gasteiger partial charge < -0.3 is 10.4 Å². The molecule has 0 spiro atoms. The number of fused-ring (bicyclic) bond motifs is 1. The van der Waals surface area contributed by atoms with Crippen LogP contribution >= 0.6 is 0 Å². The average Bonchev–Trinajstić information content (AvgIpc) is 2.54. The van der Waals surface area contributed by atoms with E-state index in [0.717, 1.165) is 30.4 Å². The number of carbonyl (C=O) groups excluding carboxylic acids is 1. The van der Waals surface area contributed by atoms with Crippen molar-refractivity contribution in [2.24, 2.45) is 0 Å². The molecule has 1 unspecified atom stereocenters. The summed E-state index contributed by atoms with van der Waals surface area (Å²) in [6, 6.07) is 15.6. The highest BCUT2D eigenvalue weighted by atomic mass is 16.3. The summed E-state index contributed by atoms with van der Waals surface area (Å²) in [5, 5.41) is 12.3. The largest absolute Gasteiger partial charge is 0.392 e. The Morgan fingerprint density at radius 3 is 2.76 bits per heavy atom. The lowest BCUT2D eigenvalue weighted by atomic mass is 9.82. The fourth-order valence-electron chi connectivity index (χ4n) is 3.03. The van der Waals surface area contributed by atoms with Crippen LogP contribution in [0.4, 0.5) is 5.69 Å². The number of para-hydroxylation sites is 1. The Morgan fingerprint density at radius 1 is 1.14 bits per heavy atom. The maximum absolute atomic E-state index is 12.6. The molecule has 0 fully saturated rings. The predicted octanol–water partition coefficient (Wildman–Crippen LogP) is 3.24. The minimum absolute atomic E-state index is 0.0167. The first-order valence-electron chi connectivity index (χ1n) is 7.37. The molecule has 0 heterocycles. The summed E-state index contributed by atoms with van der Waals surface area (Å²) in [6.45, 7) is -0.0717. The van der Waals surface area contributed by atoms with E-state index in [1.165, 1.54) is 5.56 Å². The van der Waals surface area contributed by atoms with Gasteiger partial charge in [-0.3, -0.25) is 4.79 Å². The number of amides is 1. The smallest absolute Gasteiger partial charge is 0.231 e. The molecule has 1 aliphatic rings.